The molecule has 0 unspecified atom stereocenters. The first-order chi connectivity index (χ1) is 10.7. The van der Waals surface area contributed by atoms with Gasteiger partial charge in [-0.3, -0.25) is 4.79 Å². The van der Waals surface area contributed by atoms with Crippen molar-refractivity contribution in [3.8, 4) is 0 Å². The molecule has 22 heavy (non-hydrogen) atoms. The molecule has 0 aliphatic carbocycles. The van der Waals surface area contributed by atoms with Gasteiger partial charge in [0.25, 0.3) is 6.47 Å². The number of aryl methyl sites for hydroxylation is 1. The molecule has 2 aromatic rings. The maximum Gasteiger partial charge on any atom is 0.317 e. The van der Waals surface area contributed by atoms with Crippen LogP contribution in [0.25, 0.3) is 11.2 Å². The van der Waals surface area contributed by atoms with E-state index in [0.717, 1.165) is 18.6 Å². The minimum absolute atomic E-state index is 0.0112. The number of nitrogens with one attached hydrogen (secondary N) is 2. The second-order valence-electron chi connectivity index (χ2n) is 4.51. The lowest BCUT2D eigenvalue weighted by molar-refractivity contribution is -0.122. The van der Waals surface area contributed by atoms with Crippen molar-refractivity contribution in [2.75, 3.05) is 31.5 Å². The van der Waals surface area contributed by atoms with E-state index in [1.165, 1.54) is 0 Å². The van der Waals surface area contributed by atoms with Gasteiger partial charge in [0, 0.05) is 33.2 Å². The summed E-state index contributed by atoms with van der Waals surface area (Å²) < 4.78 is 1.87. The first-order valence-electron chi connectivity index (χ1n) is 6.64. The number of anilines is 1. The fourth-order valence-corrected chi connectivity index (χ4v) is 2.03. The maximum absolute atomic E-state index is 11.3. The Hall–Kier alpha value is -2.91. The van der Waals surface area contributed by atoms with Gasteiger partial charge < -0.3 is 25.2 Å². The zero-order valence-electron chi connectivity index (χ0n) is 12.1. The van der Waals surface area contributed by atoms with Crippen LogP contribution < -0.4 is 10.6 Å². The summed E-state index contributed by atoms with van der Waals surface area (Å²) in [6.45, 7) is 2.47. The molecule has 118 valence electrons. The fraction of sp³-hybridized carbons (Fsp3) is 0.417. The number of carboxylic acid groups (broad SMARTS) is 1. The molecule has 2 aromatic heterocycles. The highest BCUT2D eigenvalue weighted by Gasteiger charge is 2.18. The van der Waals surface area contributed by atoms with E-state index in [9.17, 15) is 4.79 Å². The molecule has 0 radical (unpaired) electrons. The van der Waals surface area contributed by atoms with E-state index in [4.69, 9.17) is 9.90 Å². The third-order valence-corrected chi connectivity index (χ3v) is 3.09. The van der Waals surface area contributed by atoms with Gasteiger partial charge in [-0.1, -0.05) is 0 Å². The molecule has 10 nitrogen and oxygen atoms in total. The Morgan fingerprint density at radius 1 is 1.50 bits per heavy atom. The maximum atomic E-state index is 11.3. The Morgan fingerprint density at radius 2 is 2.27 bits per heavy atom. The highest BCUT2D eigenvalue weighted by molar-refractivity contribution is 5.76. The lowest BCUT2D eigenvalue weighted by atomic mass is 10.5. The summed E-state index contributed by atoms with van der Waals surface area (Å²) >= 11 is 0. The van der Waals surface area contributed by atoms with E-state index in [0.29, 0.717) is 24.7 Å². The number of hydrogen-bond acceptors (Lipinski definition) is 6. The van der Waals surface area contributed by atoms with Gasteiger partial charge in [-0.15, -0.1) is 0 Å². The first-order valence-corrected chi connectivity index (χ1v) is 6.64. The topological polar surface area (TPSA) is 125 Å². The number of amides is 2. The van der Waals surface area contributed by atoms with E-state index in [1.54, 1.807) is 17.4 Å². The van der Waals surface area contributed by atoms with Gasteiger partial charge in [0.1, 0.15) is 5.52 Å². The smallest absolute Gasteiger partial charge is 0.317 e. The van der Waals surface area contributed by atoms with Crippen LogP contribution in [0, 0.1) is 0 Å². The average molecular weight is 307 g/mol. The van der Waals surface area contributed by atoms with Gasteiger partial charge in [0.2, 0.25) is 5.95 Å². The molecule has 3 N–H and O–H groups in total. The number of carbonyl (C=O) groups excluding carboxylic acids is 1. The fourth-order valence-electron chi connectivity index (χ4n) is 2.03. The summed E-state index contributed by atoms with van der Waals surface area (Å²) in [6.07, 6.45) is 3.44. The molecule has 2 amide bonds. The van der Waals surface area contributed by atoms with Gasteiger partial charge >= 0.3 is 6.03 Å². The van der Waals surface area contributed by atoms with Gasteiger partial charge in [-0.25, -0.2) is 14.8 Å². The monoisotopic (exact) mass is 307 g/mol. The van der Waals surface area contributed by atoms with Crippen molar-refractivity contribution in [2.24, 2.45) is 7.05 Å². The van der Waals surface area contributed by atoms with Gasteiger partial charge in [0.05, 0.1) is 12.5 Å². The molecule has 3 rings (SSSR count). The van der Waals surface area contributed by atoms with Crippen LogP contribution in [-0.2, 0) is 11.8 Å². The van der Waals surface area contributed by atoms with Crippen LogP contribution in [0.15, 0.2) is 12.5 Å². The molecular formula is C12H17N7O3. The highest BCUT2D eigenvalue weighted by Crippen LogP contribution is 2.09. The van der Waals surface area contributed by atoms with Crippen molar-refractivity contribution >= 4 is 29.6 Å². The minimum Gasteiger partial charge on any atom is -0.483 e. The van der Waals surface area contributed by atoms with Crippen molar-refractivity contribution in [2.45, 2.75) is 0 Å². The Kier molecular flexibility index (Phi) is 5.07. The van der Waals surface area contributed by atoms with Gasteiger partial charge in [-0.2, -0.15) is 4.98 Å². The third kappa shape index (κ3) is 3.59. The summed E-state index contributed by atoms with van der Waals surface area (Å²) in [5, 5.41) is 12.7. The third-order valence-electron chi connectivity index (χ3n) is 3.09. The summed E-state index contributed by atoms with van der Waals surface area (Å²) in [7, 11) is 1.90. The Morgan fingerprint density at radius 3 is 2.95 bits per heavy atom. The Balaban J connectivity index is 0.000000545. The van der Waals surface area contributed by atoms with Crippen molar-refractivity contribution in [3.63, 3.8) is 0 Å². The van der Waals surface area contributed by atoms with E-state index >= 15 is 0 Å². The molecule has 1 aliphatic heterocycles. The Bertz CT molecular complexity index is 657. The summed E-state index contributed by atoms with van der Waals surface area (Å²) in [5.41, 5.74) is 1.56. The van der Waals surface area contributed by atoms with Crippen molar-refractivity contribution in [1.29, 1.82) is 0 Å². The molecule has 0 spiro atoms. The number of fused-ring (bicyclic) bond motifs is 1. The van der Waals surface area contributed by atoms with Crippen LogP contribution in [0.5, 0.6) is 0 Å². The molecule has 0 saturated carbocycles. The summed E-state index contributed by atoms with van der Waals surface area (Å²) in [5.74, 6) is 0.533. The number of rotatable bonds is 4. The number of urea groups is 1. The normalized spacial score (nSPS) is 13.5. The molecule has 1 aliphatic rings. The number of carbonyl (C=O) groups is 2. The predicted molar refractivity (Wildman–Crippen MR) is 78.5 cm³/mol. The molecule has 1 fully saturated rings. The number of imidazole rings is 1. The van der Waals surface area contributed by atoms with Gasteiger partial charge in [-0.05, 0) is 0 Å². The Labute approximate surface area is 126 Å². The molecule has 3 heterocycles. The van der Waals surface area contributed by atoms with Crippen LogP contribution in [0.3, 0.4) is 0 Å². The SMILES string of the molecule is Cn1cnc2nc(NCCN3CCNC3=O)ncc21.O=CO. The second kappa shape index (κ2) is 7.20. The number of aromatic nitrogens is 4. The van der Waals surface area contributed by atoms with E-state index in [-0.39, 0.29) is 12.5 Å². The molecule has 0 aromatic carbocycles. The van der Waals surface area contributed by atoms with E-state index in [2.05, 4.69) is 25.6 Å². The largest absolute Gasteiger partial charge is 0.483 e. The molecule has 0 bridgehead atoms. The molecule has 1 saturated heterocycles. The highest BCUT2D eigenvalue weighted by atomic mass is 16.3. The summed E-state index contributed by atoms with van der Waals surface area (Å²) in [4.78, 5) is 34.2. The predicted octanol–water partition coefficient (Wildman–Crippen LogP) is -0.499. The van der Waals surface area contributed by atoms with Crippen molar-refractivity contribution in [3.05, 3.63) is 12.5 Å². The molecule has 0 atom stereocenters. The van der Waals surface area contributed by atoms with Gasteiger partial charge in [0.15, 0.2) is 5.65 Å². The van der Waals surface area contributed by atoms with E-state index < -0.39 is 0 Å². The molecular weight excluding hydrogens is 290 g/mol. The standard InChI is InChI=1S/C11H15N7O.CH2O2/c1-17-7-15-9-8(17)6-14-10(16-9)12-2-4-18-5-3-13-11(18)19;2-1-3/h6-7H,2-5H2,1H3,(H,13,19)(H,12,14,16);1H,(H,2,3). The number of nitrogens with zero attached hydrogens (tertiary/aromatic N) is 5. The molecule has 10 heteroatoms. The zero-order chi connectivity index (χ0) is 15.9. The van der Waals surface area contributed by atoms with Crippen LogP contribution >= 0.6 is 0 Å². The minimum atomic E-state index is -0.250. The lowest BCUT2D eigenvalue weighted by Gasteiger charge is -2.14. The van der Waals surface area contributed by atoms with Crippen molar-refractivity contribution in [1.82, 2.24) is 29.7 Å². The van der Waals surface area contributed by atoms with Crippen LogP contribution in [0.2, 0.25) is 0 Å². The van der Waals surface area contributed by atoms with Crippen molar-refractivity contribution < 1.29 is 14.7 Å². The quantitative estimate of drug-likeness (QED) is 0.650. The summed E-state index contributed by atoms with van der Waals surface area (Å²) in [6, 6.07) is -0.0112. The average Bonchev–Trinajstić information content (AvgIpc) is 3.07. The second-order valence-corrected chi connectivity index (χ2v) is 4.51. The van der Waals surface area contributed by atoms with Crippen LogP contribution in [-0.4, -0.2) is 68.2 Å². The first kappa shape index (κ1) is 15.5. The zero-order valence-corrected chi connectivity index (χ0v) is 12.1. The van der Waals surface area contributed by atoms with Crippen LogP contribution in [0.4, 0.5) is 10.7 Å². The van der Waals surface area contributed by atoms with Crippen LogP contribution in [0.1, 0.15) is 0 Å². The van der Waals surface area contributed by atoms with E-state index in [1.807, 2.05) is 11.6 Å². The lowest BCUT2D eigenvalue weighted by Crippen LogP contribution is -2.32. The number of hydrogen-bond donors (Lipinski definition) is 3.